The Morgan fingerprint density at radius 3 is 2.31 bits per heavy atom. The number of hydrogen-bond acceptors (Lipinski definition) is 2. The van der Waals surface area contributed by atoms with Gasteiger partial charge in [0.05, 0.1) is 13.1 Å². The molecule has 138 valence electrons. The minimum absolute atomic E-state index is 0.0339. The third-order valence-electron chi connectivity index (χ3n) is 4.30. The van der Waals surface area contributed by atoms with Crippen LogP contribution in [0.1, 0.15) is 18.5 Å². The summed E-state index contributed by atoms with van der Waals surface area (Å²) >= 11 is 0. The van der Waals surface area contributed by atoms with E-state index in [0.717, 1.165) is 10.5 Å². The first-order valence-corrected chi connectivity index (χ1v) is 8.54. The van der Waals surface area contributed by atoms with Gasteiger partial charge in [0.15, 0.2) is 13.1 Å². The van der Waals surface area contributed by atoms with Crippen molar-refractivity contribution >= 4 is 17.5 Å². The van der Waals surface area contributed by atoms with Gasteiger partial charge in [-0.25, -0.2) is 4.39 Å². The largest absolute Gasteiger partial charge is 0.334 e. The Hall–Kier alpha value is -2.73. The molecule has 0 spiro atoms. The SMILES string of the molecule is C[C@@H](c1ccccc1)N(C)C(=O)C[NH+](C)CC(=O)Nc1ccc(F)cc1. The summed E-state index contributed by atoms with van der Waals surface area (Å²) in [5.41, 5.74) is 1.60. The Morgan fingerprint density at radius 1 is 1.08 bits per heavy atom. The van der Waals surface area contributed by atoms with E-state index in [0.29, 0.717) is 5.69 Å². The first kappa shape index (κ1) is 19.6. The third kappa shape index (κ3) is 5.67. The van der Waals surface area contributed by atoms with Crippen LogP contribution in [0, 0.1) is 5.82 Å². The van der Waals surface area contributed by atoms with Crippen LogP contribution in [0.25, 0.3) is 0 Å². The van der Waals surface area contributed by atoms with E-state index in [-0.39, 0.29) is 36.8 Å². The molecule has 0 aliphatic heterocycles. The molecule has 1 unspecified atom stereocenters. The molecule has 2 rings (SSSR count). The molecule has 0 aliphatic carbocycles. The summed E-state index contributed by atoms with van der Waals surface area (Å²) in [5, 5.41) is 2.70. The number of benzene rings is 2. The van der Waals surface area contributed by atoms with Crippen LogP contribution in [0.15, 0.2) is 54.6 Å². The van der Waals surface area contributed by atoms with E-state index in [1.165, 1.54) is 24.3 Å². The predicted octanol–water partition coefficient (Wildman–Crippen LogP) is 1.50. The zero-order valence-corrected chi connectivity index (χ0v) is 15.3. The Balaban J connectivity index is 1.84. The van der Waals surface area contributed by atoms with E-state index >= 15 is 0 Å². The topological polar surface area (TPSA) is 53.9 Å². The highest BCUT2D eigenvalue weighted by Gasteiger charge is 2.21. The van der Waals surface area contributed by atoms with Gasteiger partial charge in [0.25, 0.3) is 11.8 Å². The zero-order valence-electron chi connectivity index (χ0n) is 15.3. The van der Waals surface area contributed by atoms with Crippen molar-refractivity contribution in [3.05, 3.63) is 66.0 Å². The first-order chi connectivity index (χ1) is 12.4. The number of amides is 2. The minimum atomic E-state index is -0.355. The van der Waals surface area contributed by atoms with Crippen molar-refractivity contribution < 1.29 is 18.9 Å². The van der Waals surface area contributed by atoms with Crippen LogP contribution in [0.3, 0.4) is 0 Å². The van der Waals surface area contributed by atoms with Crippen molar-refractivity contribution in [3.63, 3.8) is 0 Å². The van der Waals surface area contributed by atoms with Crippen LogP contribution in [0.4, 0.5) is 10.1 Å². The lowest BCUT2D eigenvalue weighted by molar-refractivity contribution is -0.862. The van der Waals surface area contributed by atoms with E-state index in [1.54, 1.807) is 19.0 Å². The molecule has 26 heavy (non-hydrogen) atoms. The molecule has 2 atom stereocenters. The fourth-order valence-corrected chi connectivity index (χ4v) is 2.63. The van der Waals surface area contributed by atoms with Gasteiger partial charge in [-0.2, -0.15) is 0 Å². The molecule has 0 saturated heterocycles. The zero-order chi connectivity index (χ0) is 19.1. The average Bonchev–Trinajstić information content (AvgIpc) is 2.62. The van der Waals surface area contributed by atoms with E-state index in [9.17, 15) is 14.0 Å². The summed E-state index contributed by atoms with van der Waals surface area (Å²) in [6, 6.07) is 15.3. The normalized spacial score (nSPS) is 12.9. The number of rotatable bonds is 7. The van der Waals surface area contributed by atoms with Crippen molar-refractivity contribution in [1.29, 1.82) is 0 Å². The molecular formula is C20H25FN3O2+. The van der Waals surface area contributed by atoms with Crippen molar-refractivity contribution in [2.75, 3.05) is 32.5 Å². The van der Waals surface area contributed by atoms with Gasteiger partial charge >= 0.3 is 0 Å². The number of quaternary nitrogens is 1. The van der Waals surface area contributed by atoms with E-state index in [2.05, 4.69) is 5.32 Å². The summed E-state index contributed by atoms with van der Waals surface area (Å²) in [6.07, 6.45) is 0. The molecule has 0 radical (unpaired) electrons. The summed E-state index contributed by atoms with van der Waals surface area (Å²) < 4.78 is 12.9. The highest BCUT2D eigenvalue weighted by atomic mass is 19.1. The molecule has 0 heterocycles. The van der Waals surface area contributed by atoms with Crippen LogP contribution in [-0.4, -0.2) is 43.9 Å². The smallest absolute Gasteiger partial charge is 0.279 e. The number of carbonyl (C=O) groups is 2. The lowest BCUT2D eigenvalue weighted by Gasteiger charge is -2.26. The molecule has 6 heteroatoms. The number of nitrogens with zero attached hydrogens (tertiary/aromatic N) is 1. The molecule has 0 aliphatic rings. The van der Waals surface area contributed by atoms with Crippen LogP contribution < -0.4 is 10.2 Å². The maximum atomic E-state index is 12.9. The van der Waals surface area contributed by atoms with Gasteiger partial charge in [-0.1, -0.05) is 30.3 Å². The Bertz CT molecular complexity index is 734. The maximum Gasteiger partial charge on any atom is 0.279 e. The van der Waals surface area contributed by atoms with Crippen molar-refractivity contribution in [2.45, 2.75) is 13.0 Å². The predicted molar refractivity (Wildman–Crippen MR) is 99.3 cm³/mol. The summed E-state index contributed by atoms with van der Waals surface area (Å²) in [7, 11) is 3.56. The lowest BCUT2D eigenvalue weighted by atomic mass is 10.1. The van der Waals surface area contributed by atoms with Crippen LogP contribution in [-0.2, 0) is 9.59 Å². The van der Waals surface area contributed by atoms with Crippen molar-refractivity contribution in [2.24, 2.45) is 0 Å². The summed E-state index contributed by atoms with van der Waals surface area (Å²) in [6.45, 7) is 2.34. The number of nitrogens with one attached hydrogen (secondary N) is 2. The lowest BCUT2D eigenvalue weighted by Crippen LogP contribution is -3.11. The molecule has 0 aromatic heterocycles. The van der Waals surface area contributed by atoms with E-state index in [4.69, 9.17) is 0 Å². The second-order valence-corrected chi connectivity index (χ2v) is 6.46. The molecule has 0 saturated carbocycles. The van der Waals surface area contributed by atoms with Gasteiger partial charge in [0.2, 0.25) is 0 Å². The van der Waals surface area contributed by atoms with Gasteiger partial charge in [-0.15, -0.1) is 0 Å². The van der Waals surface area contributed by atoms with Gasteiger partial charge in [0.1, 0.15) is 5.82 Å². The highest BCUT2D eigenvalue weighted by molar-refractivity contribution is 5.91. The fourth-order valence-electron chi connectivity index (χ4n) is 2.63. The van der Waals surface area contributed by atoms with Crippen molar-refractivity contribution in [1.82, 2.24) is 4.90 Å². The molecule has 2 amide bonds. The van der Waals surface area contributed by atoms with Gasteiger partial charge in [-0.3, -0.25) is 9.59 Å². The molecule has 2 aromatic rings. The molecule has 5 nitrogen and oxygen atoms in total. The highest BCUT2D eigenvalue weighted by Crippen LogP contribution is 2.17. The third-order valence-corrected chi connectivity index (χ3v) is 4.30. The number of likely N-dealkylation sites (N-methyl/N-ethyl adjacent to an activating group) is 2. The van der Waals surface area contributed by atoms with E-state index < -0.39 is 0 Å². The quantitative estimate of drug-likeness (QED) is 0.788. The summed E-state index contributed by atoms with van der Waals surface area (Å²) in [5.74, 6) is -0.610. The molecule has 2 aromatic carbocycles. The molecule has 0 bridgehead atoms. The number of anilines is 1. The van der Waals surface area contributed by atoms with Gasteiger partial charge in [0, 0.05) is 12.7 Å². The Kier molecular flexibility index (Phi) is 6.86. The molecule has 0 fully saturated rings. The molecule has 2 N–H and O–H groups in total. The molecular weight excluding hydrogens is 333 g/mol. The van der Waals surface area contributed by atoms with Crippen LogP contribution in [0.5, 0.6) is 0 Å². The minimum Gasteiger partial charge on any atom is -0.334 e. The van der Waals surface area contributed by atoms with E-state index in [1.807, 2.05) is 37.3 Å². The number of halogens is 1. The Labute approximate surface area is 153 Å². The Morgan fingerprint density at radius 2 is 1.69 bits per heavy atom. The van der Waals surface area contributed by atoms with Crippen LogP contribution in [0.2, 0.25) is 0 Å². The first-order valence-electron chi connectivity index (χ1n) is 8.54. The average molecular weight is 358 g/mol. The van der Waals surface area contributed by atoms with Gasteiger partial charge in [-0.05, 0) is 36.8 Å². The fraction of sp³-hybridized carbons (Fsp3) is 0.300. The van der Waals surface area contributed by atoms with Crippen molar-refractivity contribution in [3.8, 4) is 0 Å². The number of hydrogen-bond donors (Lipinski definition) is 2. The maximum absolute atomic E-state index is 12.9. The van der Waals surface area contributed by atoms with Crippen LogP contribution >= 0.6 is 0 Å². The standard InChI is InChI=1S/C20H24FN3O2/c1-15(16-7-5-4-6-8-16)24(3)20(26)14-23(2)13-19(25)22-18-11-9-17(21)10-12-18/h4-12,15H,13-14H2,1-3H3,(H,22,25)/p+1/t15-/m0/s1. The monoisotopic (exact) mass is 358 g/mol. The second-order valence-electron chi connectivity index (χ2n) is 6.46. The second kappa shape index (κ2) is 9.10. The number of carbonyl (C=O) groups excluding carboxylic acids is 2. The summed E-state index contributed by atoms with van der Waals surface area (Å²) in [4.78, 5) is 27.0. The van der Waals surface area contributed by atoms with Gasteiger partial charge < -0.3 is 15.1 Å².